The molecule has 0 spiro atoms. The van der Waals surface area contributed by atoms with Crippen LogP contribution in [0.4, 0.5) is 0 Å². The molecule has 1 rings (SSSR count). The third-order valence-electron chi connectivity index (χ3n) is 1.37. The molecule has 13 heavy (non-hydrogen) atoms. The maximum Gasteiger partial charge on any atom is 0.101 e. The minimum atomic E-state index is 0.527. The van der Waals surface area contributed by atoms with Gasteiger partial charge in [0.2, 0.25) is 0 Å². The number of hydrogen-bond donors (Lipinski definition) is 1. The molecule has 0 aliphatic rings. The number of hydrogen-bond acceptors (Lipinski definition) is 3. The number of nitrogens with two attached hydrogens (primary N) is 1. The third-order valence-corrected chi connectivity index (χ3v) is 1.37. The Labute approximate surface area is 77.2 Å². The minimum Gasteiger partial charge on any atom is -0.330 e. The second-order valence-electron chi connectivity index (χ2n) is 2.41. The monoisotopic (exact) mass is 171 g/mol. The predicted molar refractivity (Wildman–Crippen MR) is 49.5 cm³/mol. The van der Waals surface area contributed by atoms with Gasteiger partial charge in [0.15, 0.2) is 0 Å². The zero-order chi connectivity index (χ0) is 9.52. The molecule has 3 nitrogen and oxygen atoms in total. The van der Waals surface area contributed by atoms with Gasteiger partial charge in [-0.3, -0.25) is 4.98 Å². The first-order valence-electron chi connectivity index (χ1n) is 3.91. The first-order valence-corrected chi connectivity index (χ1v) is 3.91. The largest absolute Gasteiger partial charge is 0.330 e. The van der Waals surface area contributed by atoms with Crippen molar-refractivity contribution in [1.82, 2.24) is 4.98 Å². The van der Waals surface area contributed by atoms with Crippen molar-refractivity contribution in [2.24, 2.45) is 5.73 Å². The van der Waals surface area contributed by atoms with Gasteiger partial charge in [-0.15, -0.1) is 0 Å². The smallest absolute Gasteiger partial charge is 0.101 e. The standard InChI is InChI=1S/C10H9N3/c11-4-2-1-3-9-5-10(6-12)8-13-7-9/h5,7-8H,2,4,11H2. The summed E-state index contributed by atoms with van der Waals surface area (Å²) < 4.78 is 0. The van der Waals surface area contributed by atoms with Gasteiger partial charge in [0, 0.05) is 30.9 Å². The van der Waals surface area contributed by atoms with Gasteiger partial charge in [-0.05, 0) is 6.07 Å². The van der Waals surface area contributed by atoms with Gasteiger partial charge >= 0.3 is 0 Å². The molecule has 0 bridgehead atoms. The van der Waals surface area contributed by atoms with Gasteiger partial charge in [0.25, 0.3) is 0 Å². The lowest BCUT2D eigenvalue weighted by atomic mass is 10.2. The molecule has 0 amide bonds. The Balaban J connectivity index is 2.81. The Morgan fingerprint density at radius 2 is 2.15 bits per heavy atom. The van der Waals surface area contributed by atoms with Crippen molar-refractivity contribution < 1.29 is 0 Å². The lowest BCUT2D eigenvalue weighted by Gasteiger charge is -1.89. The van der Waals surface area contributed by atoms with E-state index in [0.717, 1.165) is 5.56 Å². The molecule has 1 heterocycles. The van der Waals surface area contributed by atoms with Gasteiger partial charge in [0.05, 0.1) is 5.56 Å². The highest BCUT2D eigenvalue weighted by Gasteiger charge is 1.90. The van der Waals surface area contributed by atoms with E-state index in [1.54, 1.807) is 12.3 Å². The first-order chi connectivity index (χ1) is 6.36. The Morgan fingerprint density at radius 3 is 2.85 bits per heavy atom. The van der Waals surface area contributed by atoms with Crippen molar-refractivity contribution in [3.8, 4) is 17.9 Å². The minimum absolute atomic E-state index is 0.527. The van der Waals surface area contributed by atoms with Crippen LogP contribution in [0.15, 0.2) is 18.5 Å². The Hall–Kier alpha value is -1.84. The molecular weight excluding hydrogens is 162 g/mol. The van der Waals surface area contributed by atoms with Crippen LogP contribution in [0.2, 0.25) is 0 Å². The Morgan fingerprint density at radius 1 is 1.38 bits per heavy atom. The molecule has 2 N–H and O–H groups in total. The second-order valence-corrected chi connectivity index (χ2v) is 2.41. The van der Waals surface area contributed by atoms with Crippen LogP contribution >= 0.6 is 0 Å². The van der Waals surface area contributed by atoms with Gasteiger partial charge in [-0.1, -0.05) is 11.8 Å². The molecule has 1 aromatic heterocycles. The van der Waals surface area contributed by atoms with Crippen molar-refractivity contribution >= 4 is 0 Å². The number of nitriles is 1. The summed E-state index contributed by atoms with van der Waals surface area (Å²) in [7, 11) is 0. The average Bonchev–Trinajstić information content (AvgIpc) is 2.19. The summed E-state index contributed by atoms with van der Waals surface area (Å²) in [6.45, 7) is 0.554. The van der Waals surface area contributed by atoms with Crippen molar-refractivity contribution in [1.29, 1.82) is 5.26 Å². The fourth-order valence-electron chi connectivity index (χ4n) is 0.806. The lowest BCUT2D eigenvalue weighted by Crippen LogP contribution is -1.95. The maximum atomic E-state index is 8.58. The summed E-state index contributed by atoms with van der Waals surface area (Å²) in [6.07, 6.45) is 3.80. The highest BCUT2D eigenvalue weighted by atomic mass is 14.6. The number of aromatic nitrogens is 1. The van der Waals surface area contributed by atoms with E-state index in [0.29, 0.717) is 18.5 Å². The molecule has 0 saturated heterocycles. The summed E-state index contributed by atoms with van der Waals surface area (Å²) in [6, 6.07) is 3.71. The van der Waals surface area contributed by atoms with E-state index in [1.807, 2.05) is 6.07 Å². The highest BCUT2D eigenvalue weighted by Crippen LogP contribution is 1.98. The van der Waals surface area contributed by atoms with E-state index in [2.05, 4.69) is 16.8 Å². The number of nitrogens with zero attached hydrogens (tertiary/aromatic N) is 2. The molecule has 0 saturated carbocycles. The van der Waals surface area contributed by atoms with Crippen molar-refractivity contribution in [2.75, 3.05) is 6.54 Å². The van der Waals surface area contributed by atoms with Crippen LogP contribution < -0.4 is 5.73 Å². The topological polar surface area (TPSA) is 62.7 Å². The van der Waals surface area contributed by atoms with Crippen LogP contribution in [-0.2, 0) is 0 Å². The quantitative estimate of drug-likeness (QED) is 0.631. The van der Waals surface area contributed by atoms with Crippen molar-refractivity contribution in [3.63, 3.8) is 0 Å². The van der Waals surface area contributed by atoms with Gasteiger partial charge < -0.3 is 5.73 Å². The molecule has 0 aliphatic carbocycles. The molecule has 0 aromatic carbocycles. The average molecular weight is 171 g/mol. The van der Waals surface area contributed by atoms with E-state index in [1.165, 1.54) is 6.20 Å². The van der Waals surface area contributed by atoms with E-state index >= 15 is 0 Å². The molecule has 64 valence electrons. The zero-order valence-electron chi connectivity index (χ0n) is 7.12. The van der Waals surface area contributed by atoms with Crippen molar-refractivity contribution in [2.45, 2.75) is 6.42 Å². The van der Waals surface area contributed by atoms with E-state index in [4.69, 9.17) is 11.0 Å². The number of pyridine rings is 1. The normalized spacial score (nSPS) is 8.31. The van der Waals surface area contributed by atoms with Crippen LogP contribution in [0.25, 0.3) is 0 Å². The fraction of sp³-hybridized carbons (Fsp3) is 0.200. The molecule has 0 fully saturated rings. The van der Waals surface area contributed by atoms with Gasteiger partial charge in [-0.25, -0.2) is 0 Å². The van der Waals surface area contributed by atoms with E-state index in [9.17, 15) is 0 Å². The first kappa shape index (κ1) is 9.25. The number of rotatable bonds is 1. The Kier molecular flexibility index (Phi) is 3.50. The van der Waals surface area contributed by atoms with Crippen LogP contribution in [-0.4, -0.2) is 11.5 Å². The fourth-order valence-corrected chi connectivity index (χ4v) is 0.806. The predicted octanol–water partition coefficient (Wildman–Crippen LogP) is 0.654. The third kappa shape index (κ3) is 2.94. The SMILES string of the molecule is N#Cc1cncc(C#CCCN)c1. The molecule has 0 aliphatic heterocycles. The van der Waals surface area contributed by atoms with Crippen LogP contribution in [0.3, 0.4) is 0 Å². The van der Waals surface area contributed by atoms with E-state index < -0.39 is 0 Å². The Bertz CT molecular complexity index is 379. The zero-order valence-corrected chi connectivity index (χ0v) is 7.12. The second kappa shape index (κ2) is 4.92. The molecule has 3 heteroatoms. The molecule has 0 unspecified atom stereocenters. The van der Waals surface area contributed by atoms with Gasteiger partial charge in [0.1, 0.15) is 6.07 Å². The molecule has 0 atom stereocenters. The summed E-state index contributed by atoms with van der Waals surface area (Å²) in [5, 5.41) is 8.58. The summed E-state index contributed by atoms with van der Waals surface area (Å²) >= 11 is 0. The molecular formula is C10H9N3. The lowest BCUT2D eigenvalue weighted by molar-refractivity contribution is 1.03. The van der Waals surface area contributed by atoms with Gasteiger partial charge in [-0.2, -0.15) is 5.26 Å². The van der Waals surface area contributed by atoms with Crippen LogP contribution in [0.5, 0.6) is 0 Å². The maximum absolute atomic E-state index is 8.58. The molecule has 1 aromatic rings. The van der Waals surface area contributed by atoms with Crippen LogP contribution in [0.1, 0.15) is 17.5 Å². The molecule has 0 radical (unpaired) electrons. The summed E-state index contributed by atoms with van der Waals surface area (Å²) in [5.74, 6) is 5.75. The summed E-state index contributed by atoms with van der Waals surface area (Å²) in [5.41, 5.74) is 6.56. The van der Waals surface area contributed by atoms with Crippen LogP contribution in [0, 0.1) is 23.2 Å². The van der Waals surface area contributed by atoms with E-state index in [-0.39, 0.29) is 0 Å². The summed E-state index contributed by atoms with van der Waals surface area (Å²) in [4.78, 5) is 3.88. The highest BCUT2D eigenvalue weighted by molar-refractivity contribution is 5.38. The van der Waals surface area contributed by atoms with Crippen molar-refractivity contribution in [3.05, 3.63) is 29.6 Å².